The van der Waals surface area contributed by atoms with Crippen LogP contribution in [-0.2, 0) is 0 Å². The highest BCUT2D eigenvalue weighted by atomic mass is 127. The number of anilines is 2. The number of nitrogens with one attached hydrogen (secondary N) is 1. The quantitative estimate of drug-likeness (QED) is 0.355. The maximum Gasteiger partial charge on any atom is 0.251 e. The summed E-state index contributed by atoms with van der Waals surface area (Å²) < 4.78 is 19.9. The van der Waals surface area contributed by atoms with Crippen LogP contribution in [0.15, 0.2) is 24.3 Å². The number of hydrogen-bond acceptors (Lipinski definition) is 6. The third kappa shape index (κ3) is 5.14. The molecule has 0 aliphatic heterocycles. The largest absolute Gasteiger partial charge is 0.475 e. The summed E-state index contributed by atoms with van der Waals surface area (Å²) in [7, 11) is 0. The molecule has 1 unspecified atom stereocenters. The van der Waals surface area contributed by atoms with Crippen LogP contribution in [0.2, 0.25) is 5.15 Å². The lowest BCUT2D eigenvalue weighted by Gasteiger charge is -2.15. The number of hydrogen-bond donors (Lipinski definition) is 4. The number of aliphatic hydroxyl groups excluding tert-OH is 2. The van der Waals surface area contributed by atoms with Crippen LogP contribution >= 0.6 is 34.2 Å². The molecule has 0 radical (unpaired) electrons. The minimum Gasteiger partial charge on any atom is -0.475 e. The molecule has 1 aromatic carbocycles. The number of ether oxygens (including phenoxy) is 1. The first-order valence-corrected chi connectivity index (χ1v) is 8.41. The molecular formula is C15H14ClFIN3O4. The Morgan fingerprint density at radius 2 is 2.20 bits per heavy atom. The van der Waals surface area contributed by atoms with E-state index in [2.05, 4.69) is 10.3 Å². The summed E-state index contributed by atoms with van der Waals surface area (Å²) in [5.41, 5.74) is 5.41. The van der Waals surface area contributed by atoms with Crippen molar-refractivity contribution in [2.45, 2.75) is 6.10 Å². The molecule has 2 rings (SSSR count). The van der Waals surface area contributed by atoms with Crippen molar-refractivity contribution < 1.29 is 24.1 Å². The van der Waals surface area contributed by atoms with E-state index in [-0.39, 0.29) is 34.6 Å². The van der Waals surface area contributed by atoms with Gasteiger partial charge < -0.3 is 26.0 Å². The highest BCUT2D eigenvalue weighted by molar-refractivity contribution is 14.1. The predicted octanol–water partition coefficient (Wildman–Crippen LogP) is 2.05. The number of carbonyl (C=O) groups is 1. The monoisotopic (exact) mass is 481 g/mol. The van der Waals surface area contributed by atoms with Crippen LogP contribution < -0.4 is 15.8 Å². The fraction of sp³-hybridized carbons (Fsp3) is 0.200. The number of amides is 1. The van der Waals surface area contributed by atoms with E-state index in [9.17, 15) is 14.3 Å². The van der Waals surface area contributed by atoms with Crippen LogP contribution in [0.5, 0.6) is 5.88 Å². The van der Waals surface area contributed by atoms with Gasteiger partial charge in [0, 0.05) is 9.64 Å². The molecule has 0 bridgehead atoms. The van der Waals surface area contributed by atoms with Crippen molar-refractivity contribution in [1.29, 1.82) is 0 Å². The molecule has 1 aromatic heterocycles. The second kappa shape index (κ2) is 8.61. The lowest BCUT2D eigenvalue weighted by molar-refractivity contribution is 0.0521. The highest BCUT2D eigenvalue weighted by Crippen LogP contribution is 2.32. The van der Waals surface area contributed by atoms with Crippen LogP contribution in [-0.4, -0.2) is 40.4 Å². The normalized spacial score (nSPS) is 11.9. The topological polar surface area (TPSA) is 118 Å². The van der Waals surface area contributed by atoms with Crippen molar-refractivity contribution in [1.82, 2.24) is 4.98 Å². The predicted molar refractivity (Wildman–Crippen MR) is 98.8 cm³/mol. The molecule has 2 aromatic rings. The SMILES string of the molecule is NC(=O)c1cc(OCC(O)CO)nc(Cl)c1Nc1ccc(I)cc1F. The van der Waals surface area contributed by atoms with E-state index in [0.29, 0.717) is 3.57 Å². The fourth-order valence-corrected chi connectivity index (χ4v) is 2.52. The average molecular weight is 482 g/mol. The number of nitrogens with zero attached hydrogens (tertiary/aromatic N) is 1. The van der Waals surface area contributed by atoms with Crippen molar-refractivity contribution in [2.24, 2.45) is 5.73 Å². The van der Waals surface area contributed by atoms with E-state index in [1.807, 2.05) is 22.6 Å². The molecule has 7 nitrogen and oxygen atoms in total. The van der Waals surface area contributed by atoms with Gasteiger partial charge in [-0.1, -0.05) is 11.6 Å². The molecule has 5 N–H and O–H groups in total. The van der Waals surface area contributed by atoms with Gasteiger partial charge in [0.15, 0.2) is 5.15 Å². The standard InChI is InChI=1S/C15H14ClFIN3O4/c16-14-13(20-11-2-1-7(18)3-10(11)17)9(15(19)24)4-12(21-14)25-6-8(23)5-22/h1-4,8,20,22-23H,5-6H2,(H2,19,24). The van der Waals surface area contributed by atoms with E-state index < -0.39 is 24.4 Å². The van der Waals surface area contributed by atoms with Crippen molar-refractivity contribution in [3.05, 3.63) is 44.4 Å². The number of primary amides is 1. The molecule has 1 amide bonds. The van der Waals surface area contributed by atoms with Crippen LogP contribution in [0, 0.1) is 9.39 Å². The van der Waals surface area contributed by atoms with Gasteiger partial charge in [-0.05, 0) is 40.8 Å². The number of aromatic nitrogens is 1. The van der Waals surface area contributed by atoms with Gasteiger partial charge >= 0.3 is 0 Å². The third-order valence-electron chi connectivity index (χ3n) is 3.04. The summed E-state index contributed by atoms with van der Waals surface area (Å²) in [5.74, 6) is -1.44. The van der Waals surface area contributed by atoms with Crippen LogP contribution in [0.1, 0.15) is 10.4 Å². The Morgan fingerprint density at radius 1 is 1.48 bits per heavy atom. The molecule has 0 aliphatic carbocycles. The molecule has 1 heterocycles. The minimum atomic E-state index is -1.11. The zero-order valence-corrected chi connectivity index (χ0v) is 15.6. The van der Waals surface area contributed by atoms with Crippen molar-refractivity contribution in [2.75, 3.05) is 18.5 Å². The van der Waals surface area contributed by atoms with E-state index in [1.54, 1.807) is 6.07 Å². The summed E-state index contributed by atoms with van der Waals surface area (Å²) in [6.45, 7) is -0.751. The Bertz CT molecular complexity index is 794. The first-order chi connectivity index (χ1) is 11.8. The van der Waals surface area contributed by atoms with Gasteiger partial charge in [-0.2, -0.15) is 4.98 Å². The highest BCUT2D eigenvalue weighted by Gasteiger charge is 2.18. The average Bonchev–Trinajstić information content (AvgIpc) is 2.56. The number of pyridine rings is 1. The summed E-state index contributed by atoms with van der Waals surface area (Å²) in [4.78, 5) is 15.6. The molecule has 0 saturated carbocycles. The minimum absolute atomic E-state index is 0.0318. The Morgan fingerprint density at radius 3 is 2.80 bits per heavy atom. The lowest BCUT2D eigenvalue weighted by atomic mass is 10.2. The Labute approximate surface area is 161 Å². The van der Waals surface area contributed by atoms with Gasteiger partial charge in [-0.3, -0.25) is 4.79 Å². The molecule has 0 spiro atoms. The van der Waals surface area contributed by atoms with Crippen LogP contribution in [0.3, 0.4) is 0 Å². The second-order valence-corrected chi connectivity index (χ2v) is 6.54. The number of carbonyl (C=O) groups excluding carboxylic acids is 1. The van der Waals surface area contributed by atoms with Gasteiger partial charge in [0.05, 0.1) is 23.5 Å². The summed E-state index contributed by atoms with van der Waals surface area (Å²) in [6.07, 6.45) is -1.11. The molecular weight excluding hydrogens is 468 g/mol. The molecule has 0 aliphatic rings. The fourth-order valence-electron chi connectivity index (χ4n) is 1.84. The molecule has 0 fully saturated rings. The Kier molecular flexibility index (Phi) is 6.76. The first kappa shape index (κ1) is 19.6. The molecule has 0 saturated heterocycles. The second-order valence-electron chi connectivity index (χ2n) is 4.93. The van der Waals surface area contributed by atoms with Crippen molar-refractivity contribution in [3.63, 3.8) is 0 Å². The third-order valence-corrected chi connectivity index (χ3v) is 3.99. The Hall–Kier alpha value is -1.69. The molecule has 1 atom stereocenters. The van der Waals surface area contributed by atoms with Crippen molar-refractivity contribution >= 4 is 51.5 Å². The molecule has 134 valence electrons. The van der Waals surface area contributed by atoms with Gasteiger partial charge in [0.1, 0.15) is 18.5 Å². The smallest absolute Gasteiger partial charge is 0.251 e. The number of halogens is 3. The number of benzene rings is 1. The molecule has 25 heavy (non-hydrogen) atoms. The van der Waals surface area contributed by atoms with Crippen LogP contribution in [0.25, 0.3) is 0 Å². The Balaban J connectivity index is 2.35. The van der Waals surface area contributed by atoms with Gasteiger partial charge in [0.2, 0.25) is 5.88 Å². The van der Waals surface area contributed by atoms with E-state index in [0.717, 1.165) is 0 Å². The zero-order valence-electron chi connectivity index (χ0n) is 12.7. The summed E-state index contributed by atoms with van der Waals surface area (Å²) in [6, 6.07) is 5.68. The van der Waals surface area contributed by atoms with E-state index in [1.165, 1.54) is 18.2 Å². The number of rotatable bonds is 7. The lowest BCUT2D eigenvalue weighted by Crippen LogP contribution is -2.22. The van der Waals surface area contributed by atoms with Gasteiger partial charge in [-0.15, -0.1) is 0 Å². The maximum absolute atomic E-state index is 14.0. The van der Waals surface area contributed by atoms with Crippen molar-refractivity contribution in [3.8, 4) is 5.88 Å². The van der Waals surface area contributed by atoms with E-state index in [4.69, 9.17) is 27.2 Å². The zero-order chi connectivity index (χ0) is 18.6. The van der Waals surface area contributed by atoms with Gasteiger partial charge in [-0.25, -0.2) is 4.39 Å². The maximum atomic E-state index is 14.0. The molecule has 10 heteroatoms. The number of nitrogens with two attached hydrogens (primary N) is 1. The van der Waals surface area contributed by atoms with Crippen LogP contribution in [0.4, 0.5) is 15.8 Å². The van der Waals surface area contributed by atoms with E-state index >= 15 is 0 Å². The first-order valence-electron chi connectivity index (χ1n) is 6.96. The summed E-state index contributed by atoms with van der Waals surface area (Å²) in [5, 5.41) is 20.6. The summed E-state index contributed by atoms with van der Waals surface area (Å²) >= 11 is 8.03. The number of aliphatic hydroxyl groups is 2. The van der Waals surface area contributed by atoms with Gasteiger partial charge in [0.25, 0.3) is 5.91 Å².